The molecule has 0 spiro atoms. The fourth-order valence-corrected chi connectivity index (χ4v) is 1.57. The van der Waals surface area contributed by atoms with Crippen LogP contribution in [0.2, 0.25) is 0 Å². The summed E-state index contributed by atoms with van der Waals surface area (Å²) in [6.07, 6.45) is 9.82. The molecule has 0 aromatic carbocycles. The SMILES string of the molecule is CCOC1=CC=CC=CC1n1nnnc1C. The van der Waals surface area contributed by atoms with Gasteiger partial charge in [0.1, 0.15) is 17.6 Å². The minimum atomic E-state index is -0.0649. The molecule has 5 heteroatoms. The molecule has 0 saturated carbocycles. The first-order valence-corrected chi connectivity index (χ1v) is 5.25. The number of aromatic nitrogens is 4. The van der Waals surface area contributed by atoms with Crippen LogP contribution in [0, 0.1) is 6.92 Å². The molecule has 5 nitrogen and oxygen atoms in total. The van der Waals surface area contributed by atoms with Gasteiger partial charge in [-0.3, -0.25) is 0 Å². The van der Waals surface area contributed by atoms with Crippen molar-refractivity contribution in [2.24, 2.45) is 0 Å². The van der Waals surface area contributed by atoms with Crippen molar-refractivity contribution < 1.29 is 4.74 Å². The van der Waals surface area contributed by atoms with E-state index in [4.69, 9.17) is 4.74 Å². The number of nitrogens with zero attached hydrogens (tertiary/aromatic N) is 4. The number of hydrogen-bond acceptors (Lipinski definition) is 4. The maximum Gasteiger partial charge on any atom is 0.149 e. The van der Waals surface area contributed by atoms with E-state index in [-0.39, 0.29) is 6.04 Å². The second kappa shape index (κ2) is 4.74. The Kier molecular flexibility index (Phi) is 3.14. The molecular formula is C11H14N4O. The van der Waals surface area contributed by atoms with Crippen molar-refractivity contribution in [1.29, 1.82) is 0 Å². The van der Waals surface area contributed by atoms with Crippen LogP contribution in [-0.4, -0.2) is 26.8 Å². The lowest BCUT2D eigenvalue weighted by atomic mass is 10.2. The Morgan fingerprint density at radius 2 is 2.25 bits per heavy atom. The largest absolute Gasteiger partial charge is 0.496 e. The summed E-state index contributed by atoms with van der Waals surface area (Å²) in [6.45, 7) is 4.46. The molecule has 0 amide bonds. The Bertz CT molecular complexity index is 445. The van der Waals surface area contributed by atoms with Gasteiger partial charge in [-0.1, -0.05) is 24.3 Å². The molecule has 1 atom stereocenters. The fraction of sp³-hybridized carbons (Fsp3) is 0.364. The predicted octanol–water partition coefficient (Wildman–Crippen LogP) is 1.57. The summed E-state index contributed by atoms with van der Waals surface area (Å²) >= 11 is 0. The Morgan fingerprint density at radius 1 is 1.38 bits per heavy atom. The molecule has 0 bridgehead atoms. The summed E-state index contributed by atoms with van der Waals surface area (Å²) < 4.78 is 7.34. The third-order valence-electron chi connectivity index (χ3n) is 2.30. The third-order valence-corrected chi connectivity index (χ3v) is 2.30. The number of rotatable bonds is 3. The van der Waals surface area contributed by atoms with Crippen LogP contribution in [0.15, 0.2) is 36.1 Å². The van der Waals surface area contributed by atoms with Crippen LogP contribution in [-0.2, 0) is 4.74 Å². The van der Waals surface area contributed by atoms with Gasteiger partial charge in [0.25, 0.3) is 0 Å². The molecule has 0 N–H and O–H groups in total. The Hall–Kier alpha value is -1.91. The quantitative estimate of drug-likeness (QED) is 0.772. The van der Waals surface area contributed by atoms with Crippen molar-refractivity contribution in [1.82, 2.24) is 20.2 Å². The highest BCUT2D eigenvalue weighted by Crippen LogP contribution is 2.22. The number of aryl methyl sites for hydroxylation is 1. The van der Waals surface area contributed by atoms with Crippen molar-refractivity contribution in [2.45, 2.75) is 19.9 Å². The monoisotopic (exact) mass is 218 g/mol. The number of ether oxygens (including phenoxy) is 1. The Labute approximate surface area is 94.1 Å². The van der Waals surface area contributed by atoms with Crippen LogP contribution in [0.4, 0.5) is 0 Å². The summed E-state index contributed by atoms with van der Waals surface area (Å²) in [6, 6.07) is -0.0649. The predicted molar refractivity (Wildman–Crippen MR) is 59.6 cm³/mol. The summed E-state index contributed by atoms with van der Waals surface area (Å²) in [5, 5.41) is 11.5. The molecule has 2 rings (SSSR count). The molecule has 1 aromatic rings. The zero-order chi connectivity index (χ0) is 11.4. The molecule has 0 saturated heterocycles. The Balaban J connectivity index is 2.34. The second-order valence-corrected chi connectivity index (χ2v) is 3.39. The molecule has 16 heavy (non-hydrogen) atoms. The van der Waals surface area contributed by atoms with Gasteiger partial charge in [-0.2, -0.15) is 0 Å². The summed E-state index contributed by atoms with van der Waals surface area (Å²) in [7, 11) is 0. The van der Waals surface area contributed by atoms with Gasteiger partial charge in [0.15, 0.2) is 0 Å². The molecule has 0 aliphatic heterocycles. The van der Waals surface area contributed by atoms with E-state index >= 15 is 0 Å². The highest BCUT2D eigenvalue weighted by atomic mass is 16.5. The van der Waals surface area contributed by atoms with Gasteiger partial charge in [0, 0.05) is 0 Å². The molecule has 1 aliphatic rings. The van der Waals surface area contributed by atoms with E-state index in [9.17, 15) is 0 Å². The summed E-state index contributed by atoms with van der Waals surface area (Å²) in [5.41, 5.74) is 0. The highest BCUT2D eigenvalue weighted by Gasteiger charge is 2.18. The topological polar surface area (TPSA) is 52.8 Å². The molecule has 0 fully saturated rings. The normalized spacial score (nSPS) is 19.4. The molecule has 1 heterocycles. The minimum Gasteiger partial charge on any atom is -0.496 e. The lowest BCUT2D eigenvalue weighted by molar-refractivity contribution is 0.198. The van der Waals surface area contributed by atoms with Crippen molar-refractivity contribution in [2.75, 3.05) is 6.61 Å². The molecule has 1 aliphatic carbocycles. The number of hydrogen-bond donors (Lipinski definition) is 0. The van der Waals surface area contributed by atoms with E-state index in [2.05, 4.69) is 15.5 Å². The van der Waals surface area contributed by atoms with E-state index in [1.807, 2.05) is 44.2 Å². The van der Waals surface area contributed by atoms with Crippen LogP contribution < -0.4 is 0 Å². The molecular weight excluding hydrogens is 204 g/mol. The zero-order valence-electron chi connectivity index (χ0n) is 9.37. The maximum absolute atomic E-state index is 5.60. The van der Waals surface area contributed by atoms with Gasteiger partial charge in [0.2, 0.25) is 0 Å². The van der Waals surface area contributed by atoms with E-state index < -0.39 is 0 Å². The highest BCUT2D eigenvalue weighted by molar-refractivity contribution is 5.25. The first kappa shape index (κ1) is 10.6. The van der Waals surface area contributed by atoms with E-state index in [1.165, 1.54) is 0 Å². The first-order chi connectivity index (χ1) is 7.83. The zero-order valence-corrected chi connectivity index (χ0v) is 9.37. The summed E-state index contributed by atoms with van der Waals surface area (Å²) in [4.78, 5) is 0. The average Bonchev–Trinajstić information content (AvgIpc) is 2.56. The van der Waals surface area contributed by atoms with Gasteiger partial charge in [-0.15, -0.1) is 5.10 Å². The van der Waals surface area contributed by atoms with Crippen molar-refractivity contribution in [3.63, 3.8) is 0 Å². The maximum atomic E-state index is 5.60. The standard InChI is InChI=1S/C11H14N4O/c1-3-16-11-8-6-4-5-7-10(11)15-9(2)12-13-14-15/h4-8,10H,3H2,1-2H3. The van der Waals surface area contributed by atoms with Crippen molar-refractivity contribution >= 4 is 0 Å². The molecule has 1 unspecified atom stereocenters. The third kappa shape index (κ3) is 2.03. The fourth-order valence-electron chi connectivity index (χ4n) is 1.57. The van der Waals surface area contributed by atoms with Gasteiger partial charge in [-0.25, -0.2) is 4.68 Å². The molecule has 0 radical (unpaired) electrons. The molecule has 84 valence electrons. The van der Waals surface area contributed by atoms with E-state index in [0.717, 1.165) is 11.6 Å². The first-order valence-electron chi connectivity index (χ1n) is 5.25. The van der Waals surface area contributed by atoms with Crippen LogP contribution in [0.25, 0.3) is 0 Å². The van der Waals surface area contributed by atoms with Gasteiger partial charge >= 0.3 is 0 Å². The molecule has 1 aromatic heterocycles. The minimum absolute atomic E-state index is 0.0649. The van der Waals surface area contributed by atoms with E-state index in [1.54, 1.807) is 4.68 Å². The van der Waals surface area contributed by atoms with Crippen LogP contribution in [0.5, 0.6) is 0 Å². The lowest BCUT2D eigenvalue weighted by Crippen LogP contribution is -2.14. The Morgan fingerprint density at radius 3 is 2.94 bits per heavy atom. The number of allylic oxidation sites excluding steroid dienone is 5. The van der Waals surface area contributed by atoms with Gasteiger partial charge in [0.05, 0.1) is 6.61 Å². The van der Waals surface area contributed by atoms with Crippen molar-refractivity contribution in [3.05, 3.63) is 42.0 Å². The van der Waals surface area contributed by atoms with Gasteiger partial charge < -0.3 is 4.74 Å². The summed E-state index contributed by atoms with van der Waals surface area (Å²) in [5.74, 6) is 1.62. The van der Waals surface area contributed by atoms with Crippen LogP contribution in [0.1, 0.15) is 18.8 Å². The van der Waals surface area contributed by atoms with E-state index in [0.29, 0.717) is 6.61 Å². The van der Waals surface area contributed by atoms with Crippen molar-refractivity contribution in [3.8, 4) is 0 Å². The lowest BCUT2D eigenvalue weighted by Gasteiger charge is -2.16. The second-order valence-electron chi connectivity index (χ2n) is 3.39. The average molecular weight is 218 g/mol. The van der Waals surface area contributed by atoms with Crippen LogP contribution in [0.3, 0.4) is 0 Å². The van der Waals surface area contributed by atoms with Gasteiger partial charge in [-0.05, 0) is 30.4 Å². The smallest absolute Gasteiger partial charge is 0.149 e. The number of tetrazole rings is 1. The van der Waals surface area contributed by atoms with Crippen LogP contribution >= 0.6 is 0 Å².